The number of para-hydroxylation sites is 1. The third kappa shape index (κ3) is 3.36. The minimum atomic E-state index is -0.806. The van der Waals surface area contributed by atoms with E-state index in [1.165, 1.54) is 4.90 Å². The molecule has 3 heterocycles. The molecule has 1 aliphatic rings. The van der Waals surface area contributed by atoms with Crippen LogP contribution in [0.15, 0.2) is 57.7 Å². The van der Waals surface area contributed by atoms with Gasteiger partial charge in [-0.3, -0.25) is 14.5 Å². The highest BCUT2D eigenvalue weighted by atomic mass is 32.1. The van der Waals surface area contributed by atoms with Crippen LogP contribution in [0.25, 0.3) is 11.0 Å². The van der Waals surface area contributed by atoms with Crippen molar-refractivity contribution >= 4 is 39.3 Å². The number of nitrogens with zero attached hydrogens (tertiary/aromatic N) is 2. The predicted octanol–water partition coefficient (Wildman–Crippen LogP) is 4.49. The fourth-order valence-electron chi connectivity index (χ4n) is 4.12. The fraction of sp³-hybridized carbons (Fsp3) is 0.200. The van der Waals surface area contributed by atoms with Crippen LogP contribution in [0.2, 0.25) is 0 Å². The lowest BCUT2D eigenvalue weighted by molar-refractivity contribution is 0.0531. The average molecular weight is 477 g/mol. The molecule has 8 nitrogen and oxygen atoms in total. The number of amides is 1. The van der Waals surface area contributed by atoms with Crippen molar-refractivity contribution in [1.82, 2.24) is 4.98 Å². The molecule has 5 rings (SSSR count). The van der Waals surface area contributed by atoms with Gasteiger partial charge in [-0.2, -0.15) is 0 Å². The molecule has 0 saturated heterocycles. The van der Waals surface area contributed by atoms with Gasteiger partial charge < -0.3 is 13.9 Å². The Bertz CT molecular complexity index is 1510. The summed E-state index contributed by atoms with van der Waals surface area (Å²) in [6.45, 7) is 3.62. The number of aromatic nitrogens is 1. The molecule has 9 heteroatoms. The lowest BCUT2D eigenvalue weighted by Crippen LogP contribution is -2.29. The van der Waals surface area contributed by atoms with Crippen LogP contribution in [0.1, 0.15) is 50.0 Å². The van der Waals surface area contributed by atoms with Crippen LogP contribution in [0.4, 0.5) is 5.13 Å². The monoisotopic (exact) mass is 476 g/mol. The van der Waals surface area contributed by atoms with Gasteiger partial charge in [0.15, 0.2) is 10.6 Å². The summed E-state index contributed by atoms with van der Waals surface area (Å²) in [5.41, 5.74) is 1.35. The first-order chi connectivity index (χ1) is 16.4. The first-order valence-electron chi connectivity index (χ1n) is 10.6. The Morgan fingerprint density at radius 2 is 1.97 bits per heavy atom. The summed E-state index contributed by atoms with van der Waals surface area (Å²) in [4.78, 5) is 45.8. The van der Waals surface area contributed by atoms with Crippen molar-refractivity contribution in [3.63, 3.8) is 0 Å². The number of anilines is 1. The topological polar surface area (TPSA) is 98.9 Å². The highest BCUT2D eigenvalue weighted by molar-refractivity contribution is 7.17. The van der Waals surface area contributed by atoms with Crippen LogP contribution in [-0.2, 0) is 4.74 Å². The second kappa shape index (κ2) is 8.42. The zero-order valence-electron chi connectivity index (χ0n) is 18.7. The maximum atomic E-state index is 13.7. The molecule has 2 aromatic heterocycles. The molecule has 34 heavy (non-hydrogen) atoms. The molecular formula is C25H20N2O6S. The molecule has 0 unspecified atom stereocenters. The van der Waals surface area contributed by atoms with Gasteiger partial charge in [-0.15, -0.1) is 0 Å². The highest BCUT2D eigenvalue weighted by Crippen LogP contribution is 2.43. The summed E-state index contributed by atoms with van der Waals surface area (Å²) in [5, 5.41) is 0.652. The van der Waals surface area contributed by atoms with Crippen LogP contribution in [0.5, 0.6) is 5.75 Å². The summed E-state index contributed by atoms with van der Waals surface area (Å²) in [5.74, 6) is -0.478. The Balaban J connectivity index is 1.75. The number of aryl methyl sites for hydroxylation is 1. The van der Waals surface area contributed by atoms with E-state index in [-0.39, 0.29) is 28.5 Å². The summed E-state index contributed by atoms with van der Waals surface area (Å²) >= 11 is 1.04. The molecular weight excluding hydrogens is 456 g/mol. The van der Waals surface area contributed by atoms with Crippen molar-refractivity contribution in [3.8, 4) is 5.75 Å². The van der Waals surface area contributed by atoms with Gasteiger partial charge in [0.2, 0.25) is 5.76 Å². The largest absolute Gasteiger partial charge is 0.497 e. The Morgan fingerprint density at radius 1 is 1.18 bits per heavy atom. The van der Waals surface area contributed by atoms with Gasteiger partial charge in [0, 0.05) is 0 Å². The summed E-state index contributed by atoms with van der Waals surface area (Å²) in [6.07, 6.45) is 0. The first-order valence-corrected chi connectivity index (χ1v) is 11.4. The number of methoxy groups -OCH3 is 1. The standard InChI is InChI=1S/C25H20N2O6S/c1-4-32-24(30)22-13(2)26-25(34-22)27-19(14-8-7-9-15(12-14)31-3)18-20(28)16-10-5-6-11-17(16)33-21(18)23(27)29/h5-12,19H,4H2,1-3H3/t19-/m1/s1. The van der Waals surface area contributed by atoms with Crippen molar-refractivity contribution in [1.29, 1.82) is 0 Å². The molecule has 0 radical (unpaired) electrons. The number of fused-ring (bicyclic) bond motifs is 2. The zero-order valence-corrected chi connectivity index (χ0v) is 19.5. The molecule has 1 aliphatic heterocycles. The summed E-state index contributed by atoms with van der Waals surface area (Å²) in [6, 6.07) is 13.1. The van der Waals surface area contributed by atoms with E-state index in [2.05, 4.69) is 4.98 Å². The third-order valence-corrected chi connectivity index (χ3v) is 6.78. The van der Waals surface area contributed by atoms with E-state index in [9.17, 15) is 14.4 Å². The average Bonchev–Trinajstić information content (AvgIpc) is 3.37. The third-order valence-electron chi connectivity index (χ3n) is 5.64. The maximum Gasteiger partial charge on any atom is 0.350 e. The number of ether oxygens (including phenoxy) is 2. The van der Waals surface area contributed by atoms with Gasteiger partial charge in [0.25, 0.3) is 5.91 Å². The number of esters is 1. The van der Waals surface area contributed by atoms with E-state index in [1.54, 1.807) is 63.4 Å². The van der Waals surface area contributed by atoms with Crippen LogP contribution in [0, 0.1) is 6.92 Å². The number of carbonyl (C=O) groups is 2. The molecule has 0 fully saturated rings. The quantitative estimate of drug-likeness (QED) is 0.391. The number of hydrogen-bond acceptors (Lipinski definition) is 8. The maximum absolute atomic E-state index is 13.7. The van der Waals surface area contributed by atoms with Crippen LogP contribution in [0.3, 0.4) is 0 Å². The molecule has 2 aromatic carbocycles. The highest BCUT2D eigenvalue weighted by Gasteiger charge is 2.45. The van der Waals surface area contributed by atoms with Crippen LogP contribution >= 0.6 is 11.3 Å². The van der Waals surface area contributed by atoms with E-state index < -0.39 is 17.9 Å². The van der Waals surface area contributed by atoms with E-state index in [4.69, 9.17) is 13.9 Å². The number of hydrogen-bond donors (Lipinski definition) is 0. The SMILES string of the molecule is CCOC(=O)c1sc(N2C(=O)c3oc4ccccc4c(=O)c3[C@H]2c2cccc(OC)c2)nc1C. The Labute approximate surface area is 198 Å². The summed E-state index contributed by atoms with van der Waals surface area (Å²) < 4.78 is 16.4. The van der Waals surface area contributed by atoms with Gasteiger partial charge in [-0.05, 0) is 43.7 Å². The second-order valence-corrected chi connectivity index (χ2v) is 8.63. The summed E-state index contributed by atoms with van der Waals surface area (Å²) in [7, 11) is 1.54. The molecule has 0 N–H and O–H groups in total. The van der Waals surface area contributed by atoms with Gasteiger partial charge in [0.05, 0.1) is 36.4 Å². The number of thiazole rings is 1. The minimum Gasteiger partial charge on any atom is -0.497 e. The lowest BCUT2D eigenvalue weighted by atomic mass is 9.98. The van der Waals surface area contributed by atoms with Crippen molar-refractivity contribution in [2.24, 2.45) is 0 Å². The Kier molecular flexibility index (Phi) is 5.41. The van der Waals surface area contributed by atoms with E-state index in [0.29, 0.717) is 32.9 Å². The van der Waals surface area contributed by atoms with Gasteiger partial charge >= 0.3 is 5.97 Å². The second-order valence-electron chi connectivity index (χ2n) is 7.66. The molecule has 4 aromatic rings. The lowest BCUT2D eigenvalue weighted by Gasteiger charge is -2.22. The Morgan fingerprint density at radius 3 is 2.74 bits per heavy atom. The smallest absolute Gasteiger partial charge is 0.350 e. The molecule has 1 atom stereocenters. The van der Waals surface area contributed by atoms with Crippen molar-refractivity contribution < 1.29 is 23.5 Å². The number of benzene rings is 2. The minimum absolute atomic E-state index is 0.0398. The molecule has 0 aliphatic carbocycles. The van der Waals surface area contributed by atoms with E-state index in [1.807, 2.05) is 6.07 Å². The van der Waals surface area contributed by atoms with Crippen LogP contribution in [-0.4, -0.2) is 30.6 Å². The number of carbonyl (C=O) groups excluding carboxylic acids is 2. The molecule has 0 spiro atoms. The molecule has 172 valence electrons. The van der Waals surface area contributed by atoms with Gasteiger partial charge in [0.1, 0.15) is 16.2 Å². The Hall–Kier alpha value is -3.98. The molecule has 0 bridgehead atoms. The first kappa shape index (κ1) is 21.8. The van der Waals surface area contributed by atoms with E-state index >= 15 is 0 Å². The normalized spacial score (nSPS) is 15.0. The van der Waals surface area contributed by atoms with Gasteiger partial charge in [-0.1, -0.05) is 35.6 Å². The van der Waals surface area contributed by atoms with Crippen molar-refractivity contribution in [3.05, 3.63) is 86.2 Å². The van der Waals surface area contributed by atoms with E-state index in [0.717, 1.165) is 11.3 Å². The fourth-order valence-corrected chi connectivity index (χ4v) is 5.10. The van der Waals surface area contributed by atoms with Crippen molar-refractivity contribution in [2.45, 2.75) is 19.9 Å². The zero-order chi connectivity index (χ0) is 24.0. The molecule has 0 saturated carbocycles. The van der Waals surface area contributed by atoms with Gasteiger partial charge in [-0.25, -0.2) is 9.78 Å². The van der Waals surface area contributed by atoms with Crippen molar-refractivity contribution in [2.75, 3.05) is 18.6 Å². The predicted molar refractivity (Wildman–Crippen MR) is 127 cm³/mol. The number of rotatable bonds is 5. The molecule has 1 amide bonds. The van der Waals surface area contributed by atoms with Crippen LogP contribution < -0.4 is 15.1 Å².